The topological polar surface area (TPSA) is 124 Å². The molecule has 2 aromatic rings. The van der Waals surface area contributed by atoms with Crippen LogP contribution in [0.3, 0.4) is 0 Å². The number of nitro benzene ring substituents is 1. The van der Waals surface area contributed by atoms with Gasteiger partial charge in [0.1, 0.15) is 11.6 Å². The molecule has 0 atom stereocenters. The summed E-state index contributed by atoms with van der Waals surface area (Å²) in [4.78, 5) is 29.3. The van der Waals surface area contributed by atoms with Gasteiger partial charge < -0.3 is 11.1 Å². The first-order chi connectivity index (χ1) is 11.2. The number of nitrogens with zero attached hydrogens (tertiary/aromatic N) is 3. The summed E-state index contributed by atoms with van der Waals surface area (Å²) in [5.74, 6) is -0.635. The van der Waals surface area contributed by atoms with E-state index in [0.717, 1.165) is 6.07 Å². The molecule has 1 heterocycles. The molecule has 0 spiro atoms. The number of halogens is 3. The average molecular weight is 341 g/mol. The molecule has 11 heteroatoms. The second-order valence-corrected chi connectivity index (χ2v) is 4.60. The minimum atomic E-state index is -4.82. The van der Waals surface area contributed by atoms with Gasteiger partial charge >= 0.3 is 6.18 Å². The number of hydrogen-bond donors (Lipinski definition) is 2. The van der Waals surface area contributed by atoms with Gasteiger partial charge in [-0.15, -0.1) is 0 Å². The van der Waals surface area contributed by atoms with Crippen LogP contribution in [0.15, 0.2) is 30.5 Å². The van der Waals surface area contributed by atoms with Crippen LogP contribution in [0.25, 0.3) is 0 Å². The molecule has 8 nitrogen and oxygen atoms in total. The zero-order chi connectivity index (χ0) is 17.9. The molecular weight excluding hydrogens is 331 g/mol. The van der Waals surface area contributed by atoms with Crippen LogP contribution in [0.1, 0.15) is 21.7 Å². The number of benzene rings is 1. The molecule has 24 heavy (non-hydrogen) atoms. The molecule has 0 aliphatic heterocycles. The molecule has 0 radical (unpaired) electrons. The van der Waals surface area contributed by atoms with Crippen molar-refractivity contribution in [2.24, 2.45) is 0 Å². The predicted molar refractivity (Wildman–Crippen MR) is 75.7 cm³/mol. The van der Waals surface area contributed by atoms with E-state index in [2.05, 4.69) is 15.3 Å². The summed E-state index contributed by atoms with van der Waals surface area (Å²) in [6.45, 7) is -0.200. The number of nitrogens with one attached hydrogen (secondary N) is 1. The van der Waals surface area contributed by atoms with Crippen LogP contribution in [-0.4, -0.2) is 20.8 Å². The number of amides is 1. The summed E-state index contributed by atoms with van der Waals surface area (Å²) in [7, 11) is 0. The Balaban J connectivity index is 2.25. The van der Waals surface area contributed by atoms with Crippen molar-refractivity contribution in [2.45, 2.75) is 12.7 Å². The Morgan fingerprint density at radius 3 is 2.62 bits per heavy atom. The monoisotopic (exact) mass is 341 g/mol. The van der Waals surface area contributed by atoms with Crippen LogP contribution < -0.4 is 11.1 Å². The second kappa shape index (κ2) is 6.48. The Morgan fingerprint density at radius 2 is 2.04 bits per heavy atom. The van der Waals surface area contributed by atoms with E-state index >= 15 is 0 Å². The Kier molecular flexibility index (Phi) is 4.62. The number of nitrogen functional groups attached to an aromatic ring is 1. The molecule has 126 valence electrons. The first-order valence-electron chi connectivity index (χ1n) is 6.39. The highest BCUT2D eigenvalue weighted by molar-refractivity contribution is 5.95. The number of non-ortho nitro benzene ring substituents is 1. The molecule has 0 aliphatic carbocycles. The number of alkyl halides is 3. The van der Waals surface area contributed by atoms with E-state index < -0.39 is 33.8 Å². The van der Waals surface area contributed by atoms with Crippen LogP contribution in [0, 0.1) is 10.1 Å². The number of nitrogens with two attached hydrogens (primary N) is 1. The molecule has 0 fully saturated rings. The lowest BCUT2D eigenvalue weighted by Crippen LogP contribution is -2.24. The van der Waals surface area contributed by atoms with Crippen molar-refractivity contribution in [3.63, 3.8) is 0 Å². The largest absolute Gasteiger partial charge is 0.416 e. The number of aromatic nitrogens is 2. The van der Waals surface area contributed by atoms with E-state index in [1.165, 1.54) is 12.3 Å². The highest BCUT2D eigenvalue weighted by Crippen LogP contribution is 2.32. The van der Waals surface area contributed by atoms with Crippen molar-refractivity contribution < 1.29 is 22.9 Å². The fourth-order valence-electron chi connectivity index (χ4n) is 1.77. The number of carbonyl (C=O) groups is 1. The first-order valence-corrected chi connectivity index (χ1v) is 6.39. The SMILES string of the molecule is Nc1ccnc(CNC(=O)c2cc([N+](=O)[O-])cc(C(F)(F)F)c2)n1. The van der Waals surface area contributed by atoms with E-state index in [1.54, 1.807) is 0 Å². The number of anilines is 1. The van der Waals surface area contributed by atoms with Crippen molar-refractivity contribution in [1.82, 2.24) is 15.3 Å². The van der Waals surface area contributed by atoms with Gasteiger partial charge in [0.05, 0.1) is 17.0 Å². The number of carbonyl (C=O) groups excluding carboxylic acids is 1. The normalized spacial score (nSPS) is 11.1. The Labute approximate surface area is 132 Å². The van der Waals surface area contributed by atoms with Crippen LogP contribution in [-0.2, 0) is 12.7 Å². The third kappa shape index (κ3) is 4.15. The Bertz CT molecular complexity index is 795. The average Bonchev–Trinajstić information content (AvgIpc) is 2.51. The third-order valence-electron chi connectivity index (χ3n) is 2.85. The summed E-state index contributed by atoms with van der Waals surface area (Å²) in [5.41, 5.74) is 2.81. The van der Waals surface area contributed by atoms with Gasteiger partial charge in [-0.05, 0) is 12.1 Å². The Morgan fingerprint density at radius 1 is 1.33 bits per heavy atom. The van der Waals surface area contributed by atoms with Crippen LogP contribution >= 0.6 is 0 Å². The highest BCUT2D eigenvalue weighted by Gasteiger charge is 2.33. The van der Waals surface area contributed by atoms with E-state index in [0.29, 0.717) is 12.1 Å². The fraction of sp³-hybridized carbons (Fsp3) is 0.154. The third-order valence-corrected chi connectivity index (χ3v) is 2.85. The number of rotatable bonds is 4. The predicted octanol–water partition coefficient (Wildman–Crippen LogP) is 1.92. The lowest BCUT2D eigenvalue weighted by molar-refractivity contribution is -0.385. The number of hydrogen-bond acceptors (Lipinski definition) is 6. The summed E-state index contributed by atoms with van der Waals surface area (Å²) < 4.78 is 38.3. The van der Waals surface area contributed by atoms with Gasteiger partial charge in [-0.25, -0.2) is 9.97 Å². The van der Waals surface area contributed by atoms with Gasteiger partial charge in [-0.1, -0.05) is 0 Å². The molecule has 1 aromatic heterocycles. The summed E-state index contributed by atoms with van der Waals surface area (Å²) in [6.07, 6.45) is -3.48. The van der Waals surface area contributed by atoms with Crippen molar-refractivity contribution in [3.05, 3.63) is 57.5 Å². The molecule has 0 saturated carbocycles. The highest BCUT2D eigenvalue weighted by atomic mass is 19.4. The molecule has 1 aromatic carbocycles. The van der Waals surface area contributed by atoms with E-state index in [-0.39, 0.29) is 18.2 Å². The molecular formula is C13H10F3N5O3. The molecule has 3 N–H and O–H groups in total. The van der Waals surface area contributed by atoms with Crippen LogP contribution in [0.5, 0.6) is 0 Å². The minimum Gasteiger partial charge on any atom is -0.384 e. The Hall–Kier alpha value is -3.24. The molecule has 2 rings (SSSR count). The van der Waals surface area contributed by atoms with E-state index in [1.807, 2.05) is 0 Å². The molecule has 1 amide bonds. The first kappa shape index (κ1) is 17.1. The zero-order valence-electron chi connectivity index (χ0n) is 11.9. The summed E-state index contributed by atoms with van der Waals surface area (Å²) >= 11 is 0. The summed E-state index contributed by atoms with van der Waals surface area (Å²) in [5, 5.41) is 13.0. The van der Waals surface area contributed by atoms with E-state index in [9.17, 15) is 28.1 Å². The molecule has 0 unspecified atom stereocenters. The van der Waals surface area contributed by atoms with Crippen LogP contribution in [0.4, 0.5) is 24.7 Å². The summed E-state index contributed by atoms with van der Waals surface area (Å²) in [6, 6.07) is 3.06. The van der Waals surface area contributed by atoms with Gasteiger partial charge in [0.25, 0.3) is 11.6 Å². The fourth-order valence-corrected chi connectivity index (χ4v) is 1.77. The smallest absolute Gasteiger partial charge is 0.384 e. The molecule has 0 aliphatic rings. The van der Waals surface area contributed by atoms with Crippen molar-refractivity contribution in [1.29, 1.82) is 0 Å². The van der Waals surface area contributed by atoms with Gasteiger partial charge in [-0.3, -0.25) is 14.9 Å². The maximum absolute atomic E-state index is 12.8. The van der Waals surface area contributed by atoms with Crippen LogP contribution in [0.2, 0.25) is 0 Å². The standard InChI is InChI=1S/C13H10F3N5O3/c14-13(15,16)8-3-7(4-9(5-8)21(23)24)12(22)19-6-11-18-2-1-10(17)20-11/h1-5H,6H2,(H,19,22)(H2,17,18,20). The lowest BCUT2D eigenvalue weighted by Gasteiger charge is -2.09. The maximum Gasteiger partial charge on any atom is 0.416 e. The van der Waals surface area contributed by atoms with Gasteiger partial charge in [0, 0.05) is 23.9 Å². The second-order valence-electron chi connectivity index (χ2n) is 4.60. The molecule has 0 saturated heterocycles. The van der Waals surface area contributed by atoms with Crippen molar-refractivity contribution >= 4 is 17.4 Å². The quantitative estimate of drug-likeness (QED) is 0.647. The maximum atomic E-state index is 12.8. The lowest BCUT2D eigenvalue weighted by atomic mass is 10.1. The van der Waals surface area contributed by atoms with E-state index in [4.69, 9.17) is 5.73 Å². The molecule has 0 bridgehead atoms. The number of nitro groups is 1. The van der Waals surface area contributed by atoms with Gasteiger partial charge in [0.2, 0.25) is 0 Å². The van der Waals surface area contributed by atoms with Gasteiger partial charge in [-0.2, -0.15) is 13.2 Å². The minimum absolute atomic E-state index is 0.143. The van der Waals surface area contributed by atoms with Crippen molar-refractivity contribution in [3.8, 4) is 0 Å². The van der Waals surface area contributed by atoms with Gasteiger partial charge in [0.15, 0.2) is 0 Å². The van der Waals surface area contributed by atoms with Crippen molar-refractivity contribution in [2.75, 3.05) is 5.73 Å². The zero-order valence-corrected chi connectivity index (χ0v) is 11.9.